The Hall–Kier alpha value is -2.85. The number of ether oxygens (including phenoxy) is 1. The molecule has 1 aliphatic rings. The Balaban J connectivity index is 1.73. The first kappa shape index (κ1) is 22.8. The van der Waals surface area contributed by atoms with Crippen LogP contribution in [0.3, 0.4) is 0 Å². The molecule has 2 aromatic rings. The second kappa shape index (κ2) is 8.35. The molecule has 31 heavy (non-hydrogen) atoms. The zero-order valence-corrected chi connectivity index (χ0v) is 16.6. The summed E-state index contributed by atoms with van der Waals surface area (Å²) in [5, 5.41) is 0. The summed E-state index contributed by atoms with van der Waals surface area (Å²) < 4.78 is 84.0. The van der Waals surface area contributed by atoms with Gasteiger partial charge in [-0.15, -0.1) is 0 Å². The van der Waals surface area contributed by atoms with Crippen LogP contribution in [0.5, 0.6) is 5.88 Å². The number of nitrogens with zero attached hydrogens (tertiary/aromatic N) is 3. The van der Waals surface area contributed by atoms with Crippen LogP contribution in [0.2, 0.25) is 0 Å². The van der Waals surface area contributed by atoms with Crippen LogP contribution in [0.4, 0.5) is 26.3 Å². The average Bonchev–Trinajstić information content (AvgIpc) is 2.65. The number of aryl methyl sites for hydroxylation is 2. The molecule has 1 aromatic carbocycles. The highest BCUT2D eigenvalue weighted by atomic mass is 19.4. The number of amides is 1. The summed E-state index contributed by atoms with van der Waals surface area (Å²) in [6.45, 7) is 3.76. The van der Waals surface area contributed by atoms with E-state index in [1.54, 1.807) is 19.9 Å². The molecule has 168 valence electrons. The molecule has 1 aliphatic heterocycles. The molecule has 0 N–H and O–H groups in total. The number of likely N-dealkylation sites (tertiary alicyclic amines) is 1. The van der Waals surface area contributed by atoms with Crippen molar-refractivity contribution in [1.29, 1.82) is 0 Å². The van der Waals surface area contributed by atoms with Gasteiger partial charge in [0, 0.05) is 43.3 Å². The molecule has 11 heteroatoms. The van der Waals surface area contributed by atoms with Gasteiger partial charge in [0.1, 0.15) is 11.9 Å². The molecule has 5 nitrogen and oxygen atoms in total. The number of hydrogen-bond donors (Lipinski definition) is 0. The molecule has 1 fully saturated rings. The molecule has 0 saturated carbocycles. The lowest BCUT2D eigenvalue weighted by molar-refractivity contribution is -0.143. The van der Waals surface area contributed by atoms with Crippen molar-refractivity contribution in [3.8, 4) is 5.88 Å². The number of aromatic nitrogens is 2. The van der Waals surface area contributed by atoms with E-state index in [9.17, 15) is 31.1 Å². The lowest BCUT2D eigenvalue weighted by atomic mass is 10.0. The van der Waals surface area contributed by atoms with E-state index in [0.29, 0.717) is 36.7 Å². The number of carbonyl (C=O) groups excluding carboxylic acids is 1. The molecule has 0 unspecified atom stereocenters. The SMILES string of the molecule is Cc1cc(OC2CCN(C(=O)c3cc(C(F)(F)F)cc(C(F)(F)F)c3)CC2)nc(C)n1. The summed E-state index contributed by atoms with van der Waals surface area (Å²) in [5.41, 5.74) is -2.96. The third-order valence-corrected chi connectivity index (χ3v) is 4.79. The fraction of sp³-hybridized carbons (Fsp3) is 0.450. The number of carbonyl (C=O) groups is 1. The normalized spacial score (nSPS) is 15.8. The molecule has 2 heterocycles. The molecule has 0 radical (unpaired) electrons. The summed E-state index contributed by atoms with van der Waals surface area (Å²) in [4.78, 5) is 22.2. The third kappa shape index (κ3) is 5.65. The Labute approximate surface area is 174 Å². The Morgan fingerprint density at radius 3 is 1.97 bits per heavy atom. The minimum Gasteiger partial charge on any atom is -0.474 e. The maximum Gasteiger partial charge on any atom is 0.416 e. The molecule has 1 aromatic heterocycles. The summed E-state index contributed by atoms with van der Waals surface area (Å²) in [7, 11) is 0. The van der Waals surface area contributed by atoms with Crippen molar-refractivity contribution in [2.24, 2.45) is 0 Å². The second-order valence-electron chi connectivity index (χ2n) is 7.30. The lowest BCUT2D eigenvalue weighted by Crippen LogP contribution is -2.42. The van der Waals surface area contributed by atoms with Gasteiger partial charge in [0.2, 0.25) is 5.88 Å². The fourth-order valence-corrected chi connectivity index (χ4v) is 3.35. The van der Waals surface area contributed by atoms with Gasteiger partial charge in [-0.3, -0.25) is 4.79 Å². The first-order chi connectivity index (χ1) is 14.3. The highest BCUT2D eigenvalue weighted by molar-refractivity contribution is 5.94. The molecule has 1 amide bonds. The Morgan fingerprint density at radius 2 is 1.48 bits per heavy atom. The number of rotatable bonds is 3. The van der Waals surface area contributed by atoms with Gasteiger partial charge in [0.15, 0.2) is 0 Å². The maximum absolute atomic E-state index is 13.0. The van der Waals surface area contributed by atoms with Gasteiger partial charge >= 0.3 is 12.4 Å². The van der Waals surface area contributed by atoms with E-state index in [1.807, 2.05) is 0 Å². The van der Waals surface area contributed by atoms with Crippen molar-refractivity contribution in [1.82, 2.24) is 14.9 Å². The zero-order valence-electron chi connectivity index (χ0n) is 16.6. The average molecular weight is 447 g/mol. The highest BCUT2D eigenvalue weighted by Crippen LogP contribution is 2.36. The van der Waals surface area contributed by atoms with E-state index in [-0.39, 0.29) is 25.3 Å². The summed E-state index contributed by atoms with van der Waals surface area (Å²) in [6.07, 6.45) is -9.58. The van der Waals surface area contributed by atoms with Crippen LogP contribution in [0.1, 0.15) is 45.8 Å². The van der Waals surface area contributed by atoms with E-state index in [1.165, 1.54) is 4.90 Å². The van der Waals surface area contributed by atoms with Crippen molar-refractivity contribution in [3.63, 3.8) is 0 Å². The van der Waals surface area contributed by atoms with Crippen molar-refractivity contribution >= 4 is 5.91 Å². The number of piperidine rings is 1. The number of alkyl halides is 6. The van der Waals surface area contributed by atoms with Crippen LogP contribution in [0.25, 0.3) is 0 Å². The van der Waals surface area contributed by atoms with Gasteiger partial charge in [-0.2, -0.15) is 31.3 Å². The van der Waals surface area contributed by atoms with E-state index in [2.05, 4.69) is 9.97 Å². The van der Waals surface area contributed by atoms with E-state index >= 15 is 0 Å². The predicted octanol–water partition coefficient (Wildman–Crippen LogP) is 4.81. The smallest absolute Gasteiger partial charge is 0.416 e. The van der Waals surface area contributed by atoms with Gasteiger partial charge in [0.05, 0.1) is 11.1 Å². The fourth-order valence-electron chi connectivity index (χ4n) is 3.35. The highest BCUT2D eigenvalue weighted by Gasteiger charge is 2.38. The Morgan fingerprint density at radius 1 is 0.935 bits per heavy atom. The number of halogens is 6. The van der Waals surface area contributed by atoms with Crippen molar-refractivity contribution in [3.05, 3.63) is 52.5 Å². The summed E-state index contributed by atoms with van der Waals surface area (Å²) in [6, 6.07) is 2.56. The van der Waals surface area contributed by atoms with Crippen LogP contribution in [-0.2, 0) is 12.4 Å². The van der Waals surface area contributed by atoms with E-state index in [4.69, 9.17) is 4.74 Å². The summed E-state index contributed by atoms with van der Waals surface area (Å²) in [5.74, 6) is 0.0267. The monoisotopic (exact) mass is 447 g/mol. The molecule has 0 atom stereocenters. The molecule has 0 bridgehead atoms. The molecule has 3 rings (SSSR count). The van der Waals surface area contributed by atoms with E-state index < -0.39 is 35.0 Å². The van der Waals surface area contributed by atoms with Crippen LogP contribution >= 0.6 is 0 Å². The quantitative estimate of drug-likeness (QED) is 0.634. The first-order valence-corrected chi connectivity index (χ1v) is 9.40. The minimum absolute atomic E-state index is 0.00253. The van der Waals surface area contributed by atoms with Gasteiger partial charge < -0.3 is 9.64 Å². The van der Waals surface area contributed by atoms with E-state index in [0.717, 1.165) is 5.69 Å². The maximum atomic E-state index is 13.0. The Kier molecular flexibility index (Phi) is 6.15. The zero-order chi connectivity index (χ0) is 23.0. The molecule has 0 spiro atoms. The summed E-state index contributed by atoms with van der Waals surface area (Å²) >= 11 is 0. The molecular weight excluding hydrogens is 428 g/mol. The van der Waals surface area contributed by atoms with Crippen LogP contribution < -0.4 is 4.74 Å². The number of hydrogen-bond acceptors (Lipinski definition) is 4. The van der Waals surface area contributed by atoms with Gasteiger partial charge in [-0.05, 0) is 32.0 Å². The van der Waals surface area contributed by atoms with Crippen molar-refractivity contribution in [2.75, 3.05) is 13.1 Å². The standard InChI is InChI=1S/C20H19F6N3O2/c1-11-7-17(28-12(2)27-11)31-16-3-5-29(6-4-16)18(30)13-8-14(19(21,22)23)10-15(9-13)20(24,25)26/h7-10,16H,3-6H2,1-2H3. The minimum atomic E-state index is -5.01. The van der Waals surface area contributed by atoms with Crippen LogP contribution in [-0.4, -0.2) is 40.0 Å². The Bertz CT molecular complexity index is 914. The topological polar surface area (TPSA) is 55.3 Å². The first-order valence-electron chi connectivity index (χ1n) is 9.40. The van der Waals surface area contributed by atoms with Crippen molar-refractivity contribution < 1.29 is 35.9 Å². The van der Waals surface area contributed by atoms with Crippen LogP contribution in [0.15, 0.2) is 24.3 Å². The van der Waals surface area contributed by atoms with Gasteiger partial charge in [-0.1, -0.05) is 0 Å². The predicted molar refractivity (Wildman–Crippen MR) is 97.5 cm³/mol. The largest absolute Gasteiger partial charge is 0.474 e. The second-order valence-corrected chi connectivity index (χ2v) is 7.30. The molecular formula is C20H19F6N3O2. The van der Waals surface area contributed by atoms with Gasteiger partial charge in [0.25, 0.3) is 5.91 Å². The number of benzene rings is 1. The van der Waals surface area contributed by atoms with Gasteiger partial charge in [-0.25, -0.2) is 4.98 Å². The molecule has 0 aliphatic carbocycles. The lowest BCUT2D eigenvalue weighted by Gasteiger charge is -2.32. The van der Waals surface area contributed by atoms with Crippen LogP contribution in [0, 0.1) is 13.8 Å². The third-order valence-electron chi connectivity index (χ3n) is 4.79. The molecule has 1 saturated heterocycles. The van der Waals surface area contributed by atoms with Crippen molar-refractivity contribution in [2.45, 2.75) is 45.1 Å².